The van der Waals surface area contributed by atoms with E-state index in [1.54, 1.807) is 29.0 Å². The molecule has 24 heavy (non-hydrogen) atoms. The Morgan fingerprint density at radius 2 is 2.12 bits per heavy atom. The fraction of sp³-hybridized carbons (Fsp3) is 0.389. The first-order valence-electron chi connectivity index (χ1n) is 8.39. The molecule has 0 saturated carbocycles. The van der Waals surface area contributed by atoms with E-state index in [0.717, 1.165) is 36.9 Å². The number of H-pyrrole nitrogens is 1. The number of carbonyl (C=O) groups is 1. The van der Waals surface area contributed by atoms with Gasteiger partial charge in [0.15, 0.2) is 5.56 Å². The Morgan fingerprint density at radius 3 is 2.83 bits per heavy atom. The van der Waals surface area contributed by atoms with Crippen LogP contribution in [0.25, 0.3) is 0 Å². The summed E-state index contributed by atoms with van der Waals surface area (Å²) >= 11 is 0. The van der Waals surface area contributed by atoms with Crippen LogP contribution in [0.4, 0.5) is 5.82 Å². The van der Waals surface area contributed by atoms with Crippen LogP contribution < -0.4 is 15.9 Å². The predicted molar refractivity (Wildman–Crippen MR) is 90.3 cm³/mol. The minimum absolute atomic E-state index is 0.157. The highest BCUT2D eigenvalue weighted by Crippen LogP contribution is 2.30. The van der Waals surface area contributed by atoms with Crippen molar-refractivity contribution in [2.45, 2.75) is 45.6 Å². The fourth-order valence-electron chi connectivity index (χ4n) is 3.27. The molecule has 0 radical (unpaired) electrons. The molecule has 0 aliphatic heterocycles. The van der Waals surface area contributed by atoms with Gasteiger partial charge in [-0.2, -0.15) is 0 Å². The SMILES string of the molecule is CCCn1c2c(c(O)c(C(=O)Nc3cccc[nH+]3)c1=O)CCCC2. The van der Waals surface area contributed by atoms with Crippen LogP contribution in [0.15, 0.2) is 29.2 Å². The highest BCUT2D eigenvalue weighted by atomic mass is 16.3. The Balaban J connectivity index is 2.08. The molecule has 0 fully saturated rings. The monoisotopic (exact) mass is 328 g/mol. The van der Waals surface area contributed by atoms with Gasteiger partial charge in [0.05, 0.1) is 6.20 Å². The number of rotatable bonds is 4. The number of nitrogens with zero attached hydrogens (tertiary/aromatic N) is 1. The van der Waals surface area contributed by atoms with E-state index in [2.05, 4.69) is 10.3 Å². The van der Waals surface area contributed by atoms with Gasteiger partial charge in [-0.25, -0.2) is 15.1 Å². The van der Waals surface area contributed by atoms with E-state index in [-0.39, 0.29) is 11.3 Å². The minimum Gasteiger partial charge on any atom is -0.506 e. The van der Waals surface area contributed by atoms with Crippen molar-refractivity contribution >= 4 is 11.7 Å². The lowest BCUT2D eigenvalue weighted by atomic mass is 9.93. The van der Waals surface area contributed by atoms with Crippen LogP contribution in [-0.2, 0) is 19.4 Å². The maximum absolute atomic E-state index is 12.8. The van der Waals surface area contributed by atoms with Gasteiger partial charge in [-0.1, -0.05) is 13.0 Å². The number of carbonyl (C=O) groups excluding carboxylic acids is 1. The van der Waals surface area contributed by atoms with E-state index in [9.17, 15) is 14.7 Å². The molecule has 3 N–H and O–H groups in total. The number of aromatic nitrogens is 2. The summed E-state index contributed by atoms with van der Waals surface area (Å²) in [6, 6.07) is 5.26. The van der Waals surface area contributed by atoms with E-state index >= 15 is 0 Å². The van der Waals surface area contributed by atoms with Crippen LogP contribution in [0, 0.1) is 0 Å². The summed E-state index contributed by atoms with van der Waals surface area (Å²) in [7, 11) is 0. The normalized spacial score (nSPS) is 13.4. The van der Waals surface area contributed by atoms with Gasteiger partial charge in [0.2, 0.25) is 0 Å². The van der Waals surface area contributed by atoms with Crippen LogP contribution in [0.3, 0.4) is 0 Å². The lowest BCUT2D eigenvalue weighted by Crippen LogP contribution is -2.34. The van der Waals surface area contributed by atoms with Gasteiger partial charge in [-0.15, -0.1) is 0 Å². The van der Waals surface area contributed by atoms with Gasteiger partial charge < -0.3 is 9.67 Å². The van der Waals surface area contributed by atoms with Crippen molar-refractivity contribution in [2.75, 3.05) is 5.32 Å². The summed E-state index contributed by atoms with van der Waals surface area (Å²) in [6.45, 7) is 2.55. The molecule has 0 atom stereocenters. The summed E-state index contributed by atoms with van der Waals surface area (Å²) < 4.78 is 1.66. The van der Waals surface area contributed by atoms with Crippen molar-refractivity contribution in [3.8, 4) is 5.75 Å². The predicted octanol–water partition coefficient (Wildman–Crippen LogP) is 1.91. The largest absolute Gasteiger partial charge is 0.506 e. The lowest BCUT2D eigenvalue weighted by Gasteiger charge is -2.23. The van der Waals surface area contributed by atoms with E-state index < -0.39 is 11.5 Å². The van der Waals surface area contributed by atoms with Gasteiger partial charge >= 0.3 is 5.91 Å². The van der Waals surface area contributed by atoms with Crippen molar-refractivity contribution in [3.05, 3.63) is 51.6 Å². The van der Waals surface area contributed by atoms with Crippen molar-refractivity contribution < 1.29 is 14.9 Å². The molecule has 1 aliphatic rings. The second-order valence-corrected chi connectivity index (χ2v) is 6.04. The zero-order valence-electron chi connectivity index (χ0n) is 13.8. The highest BCUT2D eigenvalue weighted by molar-refractivity contribution is 6.05. The molecular formula is C18H22N3O3+. The van der Waals surface area contributed by atoms with E-state index in [0.29, 0.717) is 18.8 Å². The molecule has 0 spiro atoms. The molecule has 6 nitrogen and oxygen atoms in total. The number of aromatic amines is 1. The van der Waals surface area contributed by atoms with E-state index in [1.807, 2.05) is 6.92 Å². The van der Waals surface area contributed by atoms with Gasteiger partial charge in [-0.05, 0) is 38.2 Å². The van der Waals surface area contributed by atoms with Gasteiger partial charge in [0, 0.05) is 23.9 Å². The summed E-state index contributed by atoms with van der Waals surface area (Å²) in [4.78, 5) is 28.3. The molecule has 0 unspecified atom stereocenters. The molecule has 2 aromatic heterocycles. The van der Waals surface area contributed by atoms with Crippen molar-refractivity contribution in [2.24, 2.45) is 0 Å². The Hall–Kier alpha value is -2.63. The van der Waals surface area contributed by atoms with E-state index in [1.165, 1.54) is 0 Å². The first kappa shape index (κ1) is 16.2. The zero-order valence-corrected chi connectivity index (χ0v) is 13.8. The Morgan fingerprint density at radius 1 is 1.33 bits per heavy atom. The molecule has 1 aliphatic carbocycles. The summed E-state index contributed by atoms with van der Waals surface area (Å²) in [5, 5.41) is 13.2. The summed E-state index contributed by atoms with van der Waals surface area (Å²) in [5.41, 5.74) is 1.05. The van der Waals surface area contributed by atoms with E-state index in [4.69, 9.17) is 0 Å². The van der Waals surface area contributed by atoms with Crippen LogP contribution in [-0.4, -0.2) is 15.6 Å². The minimum atomic E-state index is -0.585. The number of pyridine rings is 2. The van der Waals surface area contributed by atoms with Crippen molar-refractivity contribution in [1.82, 2.24) is 4.57 Å². The molecule has 126 valence electrons. The number of hydrogen-bond acceptors (Lipinski definition) is 3. The Labute approximate surface area is 140 Å². The Bertz CT molecular complexity index is 812. The average Bonchev–Trinajstić information content (AvgIpc) is 2.59. The third kappa shape index (κ3) is 2.91. The highest BCUT2D eigenvalue weighted by Gasteiger charge is 2.29. The zero-order chi connectivity index (χ0) is 17.1. The van der Waals surface area contributed by atoms with Crippen LogP contribution >= 0.6 is 0 Å². The number of anilines is 1. The first-order valence-corrected chi connectivity index (χ1v) is 8.39. The quantitative estimate of drug-likeness (QED) is 0.899. The summed E-state index contributed by atoms with van der Waals surface area (Å²) in [5.74, 6) is -0.269. The standard InChI is InChI=1S/C18H21N3O3/c1-2-11-21-13-8-4-3-7-12(13)16(22)15(18(21)24)17(23)20-14-9-5-6-10-19-14/h5-6,9-10,22H,2-4,7-8,11H2,1H3,(H,19,20,23)/p+1. The molecule has 3 rings (SSSR count). The molecule has 6 heteroatoms. The smallest absolute Gasteiger partial charge is 0.348 e. The number of nitrogens with one attached hydrogen (secondary N) is 2. The van der Waals surface area contributed by atoms with Crippen LogP contribution in [0.2, 0.25) is 0 Å². The average molecular weight is 328 g/mol. The fourth-order valence-corrected chi connectivity index (χ4v) is 3.27. The molecule has 0 bridgehead atoms. The maximum atomic E-state index is 12.8. The molecular weight excluding hydrogens is 306 g/mol. The van der Waals surface area contributed by atoms with Crippen LogP contribution in [0.1, 0.15) is 47.8 Å². The van der Waals surface area contributed by atoms with Gasteiger partial charge in [-0.3, -0.25) is 4.79 Å². The summed E-state index contributed by atoms with van der Waals surface area (Å²) in [6.07, 6.45) is 5.90. The third-order valence-electron chi connectivity index (χ3n) is 4.38. The van der Waals surface area contributed by atoms with Crippen LogP contribution in [0.5, 0.6) is 5.75 Å². The Kier molecular flexibility index (Phi) is 4.64. The first-order chi connectivity index (χ1) is 11.6. The number of fused-ring (bicyclic) bond motifs is 1. The molecule has 2 aromatic rings. The molecule has 0 saturated heterocycles. The second kappa shape index (κ2) is 6.86. The van der Waals surface area contributed by atoms with Crippen molar-refractivity contribution in [3.63, 3.8) is 0 Å². The molecule has 1 amide bonds. The number of aromatic hydroxyl groups is 1. The molecule has 0 aromatic carbocycles. The molecule has 2 heterocycles. The van der Waals surface area contributed by atoms with Gasteiger partial charge in [0.1, 0.15) is 5.75 Å². The second-order valence-electron chi connectivity index (χ2n) is 6.04. The topological polar surface area (TPSA) is 85.5 Å². The van der Waals surface area contributed by atoms with Gasteiger partial charge in [0.25, 0.3) is 11.4 Å². The van der Waals surface area contributed by atoms with Crippen molar-refractivity contribution in [1.29, 1.82) is 0 Å². The lowest BCUT2D eigenvalue weighted by molar-refractivity contribution is -0.360. The number of hydrogen-bond donors (Lipinski definition) is 2. The number of amides is 1. The maximum Gasteiger partial charge on any atom is 0.348 e. The third-order valence-corrected chi connectivity index (χ3v) is 4.38.